The first-order chi connectivity index (χ1) is 6.70. The van der Waals surface area contributed by atoms with Gasteiger partial charge in [0, 0.05) is 12.4 Å². The van der Waals surface area contributed by atoms with Crippen molar-refractivity contribution in [1.82, 2.24) is 4.98 Å². The number of carboxylic acids is 1. The SMILES string of the molecule is O=C(O)CC1(Cc2ccncc2)CC1. The van der Waals surface area contributed by atoms with E-state index in [1.165, 1.54) is 5.56 Å². The molecule has 0 spiro atoms. The molecular formula is C11H13NO2. The topological polar surface area (TPSA) is 50.2 Å². The van der Waals surface area contributed by atoms with E-state index in [1.54, 1.807) is 12.4 Å². The molecule has 74 valence electrons. The Labute approximate surface area is 82.8 Å². The van der Waals surface area contributed by atoms with E-state index in [0.29, 0.717) is 6.42 Å². The van der Waals surface area contributed by atoms with Gasteiger partial charge in [0.15, 0.2) is 0 Å². The number of aliphatic carboxylic acids is 1. The predicted octanol–water partition coefficient (Wildman–Crippen LogP) is 1.88. The normalized spacial score (nSPS) is 17.7. The van der Waals surface area contributed by atoms with Crippen LogP contribution in [0.3, 0.4) is 0 Å². The molecule has 0 aliphatic heterocycles. The standard InChI is InChI=1S/C11H13NO2/c13-10(14)8-11(3-4-11)7-9-1-5-12-6-2-9/h1-2,5-6H,3-4,7-8H2,(H,13,14). The fourth-order valence-electron chi connectivity index (χ4n) is 1.85. The average Bonchev–Trinajstić information content (AvgIpc) is 2.85. The van der Waals surface area contributed by atoms with Gasteiger partial charge in [-0.05, 0) is 42.4 Å². The maximum absolute atomic E-state index is 10.6. The lowest BCUT2D eigenvalue weighted by molar-refractivity contribution is -0.138. The molecule has 0 atom stereocenters. The van der Waals surface area contributed by atoms with Crippen molar-refractivity contribution in [3.63, 3.8) is 0 Å². The molecule has 2 rings (SSSR count). The number of aromatic nitrogens is 1. The molecule has 1 aliphatic carbocycles. The van der Waals surface area contributed by atoms with Gasteiger partial charge < -0.3 is 5.11 Å². The second kappa shape index (κ2) is 3.40. The number of nitrogens with zero attached hydrogens (tertiary/aromatic N) is 1. The van der Waals surface area contributed by atoms with Gasteiger partial charge in [-0.25, -0.2) is 0 Å². The number of carbonyl (C=O) groups is 1. The highest BCUT2D eigenvalue weighted by molar-refractivity contribution is 5.68. The maximum atomic E-state index is 10.6. The number of carboxylic acid groups (broad SMARTS) is 1. The summed E-state index contributed by atoms with van der Waals surface area (Å²) in [5.41, 5.74) is 1.24. The van der Waals surface area contributed by atoms with Crippen molar-refractivity contribution in [3.05, 3.63) is 30.1 Å². The van der Waals surface area contributed by atoms with E-state index in [0.717, 1.165) is 19.3 Å². The summed E-state index contributed by atoms with van der Waals surface area (Å²) in [6, 6.07) is 3.92. The van der Waals surface area contributed by atoms with Crippen molar-refractivity contribution < 1.29 is 9.90 Å². The van der Waals surface area contributed by atoms with Gasteiger partial charge in [0.05, 0.1) is 6.42 Å². The van der Waals surface area contributed by atoms with Crippen molar-refractivity contribution in [2.45, 2.75) is 25.7 Å². The van der Waals surface area contributed by atoms with Crippen LogP contribution in [0.25, 0.3) is 0 Å². The van der Waals surface area contributed by atoms with E-state index in [2.05, 4.69) is 4.98 Å². The van der Waals surface area contributed by atoms with Crippen LogP contribution >= 0.6 is 0 Å². The van der Waals surface area contributed by atoms with Crippen molar-refractivity contribution in [1.29, 1.82) is 0 Å². The molecule has 3 nitrogen and oxygen atoms in total. The minimum absolute atomic E-state index is 0.0488. The van der Waals surface area contributed by atoms with Gasteiger partial charge >= 0.3 is 5.97 Å². The summed E-state index contributed by atoms with van der Waals surface area (Å²) in [5.74, 6) is -0.684. The van der Waals surface area contributed by atoms with Gasteiger partial charge in [-0.1, -0.05) is 0 Å². The third-order valence-corrected chi connectivity index (χ3v) is 2.81. The van der Waals surface area contributed by atoms with Crippen molar-refractivity contribution in [3.8, 4) is 0 Å². The molecule has 14 heavy (non-hydrogen) atoms. The number of rotatable bonds is 4. The van der Waals surface area contributed by atoms with E-state index >= 15 is 0 Å². The smallest absolute Gasteiger partial charge is 0.303 e. The van der Waals surface area contributed by atoms with E-state index < -0.39 is 5.97 Å². The Kier molecular flexibility index (Phi) is 2.23. The lowest BCUT2D eigenvalue weighted by Gasteiger charge is -2.11. The second-order valence-corrected chi connectivity index (χ2v) is 4.10. The van der Waals surface area contributed by atoms with Crippen molar-refractivity contribution in [2.24, 2.45) is 5.41 Å². The van der Waals surface area contributed by atoms with E-state index in [-0.39, 0.29) is 5.41 Å². The molecule has 3 heteroatoms. The largest absolute Gasteiger partial charge is 0.481 e. The molecule has 0 bridgehead atoms. The van der Waals surface area contributed by atoms with Crippen molar-refractivity contribution in [2.75, 3.05) is 0 Å². The van der Waals surface area contributed by atoms with Gasteiger partial charge in [0.25, 0.3) is 0 Å². The zero-order chi connectivity index (χ0) is 10.0. The van der Waals surface area contributed by atoms with Crippen LogP contribution in [0.2, 0.25) is 0 Å². The summed E-state index contributed by atoms with van der Waals surface area (Å²) in [6.07, 6.45) is 6.78. The molecule has 0 aromatic carbocycles. The Morgan fingerprint density at radius 2 is 2.07 bits per heavy atom. The number of hydrogen-bond donors (Lipinski definition) is 1. The predicted molar refractivity (Wildman–Crippen MR) is 51.9 cm³/mol. The maximum Gasteiger partial charge on any atom is 0.303 e. The summed E-state index contributed by atoms with van der Waals surface area (Å²) in [6.45, 7) is 0. The van der Waals surface area contributed by atoms with Gasteiger partial charge in [-0.15, -0.1) is 0 Å². The van der Waals surface area contributed by atoms with Crippen LogP contribution < -0.4 is 0 Å². The fourth-order valence-corrected chi connectivity index (χ4v) is 1.85. The van der Waals surface area contributed by atoms with Crippen LogP contribution in [0.5, 0.6) is 0 Å². The molecule has 1 heterocycles. The van der Waals surface area contributed by atoms with Crippen LogP contribution in [0.15, 0.2) is 24.5 Å². The minimum Gasteiger partial charge on any atom is -0.481 e. The zero-order valence-electron chi connectivity index (χ0n) is 7.94. The number of pyridine rings is 1. The van der Waals surface area contributed by atoms with E-state index in [4.69, 9.17) is 5.11 Å². The van der Waals surface area contributed by atoms with Crippen LogP contribution in [0.4, 0.5) is 0 Å². The van der Waals surface area contributed by atoms with Crippen LogP contribution in [0, 0.1) is 5.41 Å². The molecule has 1 aliphatic rings. The monoisotopic (exact) mass is 191 g/mol. The molecule has 0 amide bonds. The molecule has 1 aromatic rings. The Morgan fingerprint density at radius 1 is 1.43 bits per heavy atom. The number of hydrogen-bond acceptors (Lipinski definition) is 2. The molecule has 1 fully saturated rings. The highest BCUT2D eigenvalue weighted by Gasteiger charge is 2.44. The molecule has 1 N–H and O–H groups in total. The summed E-state index contributed by atoms with van der Waals surface area (Å²) in [4.78, 5) is 14.6. The first-order valence-electron chi connectivity index (χ1n) is 4.81. The first kappa shape index (κ1) is 9.19. The first-order valence-corrected chi connectivity index (χ1v) is 4.81. The Balaban J connectivity index is 2.01. The zero-order valence-corrected chi connectivity index (χ0v) is 7.94. The Morgan fingerprint density at radius 3 is 2.57 bits per heavy atom. The van der Waals surface area contributed by atoms with Gasteiger partial charge in [0.1, 0.15) is 0 Å². The molecule has 0 radical (unpaired) electrons. The Hall–Kier alpha value is -1.38. The summed E-state index contributed by atoms with van der Waals surface area (Å²) in [7, 11) is 0. The molecule has 1 aromatic heterocycles. The molecular weight excluding hydrogens is 178 g/mol. The lowest BCUT2D eigenvalue weighted by Crippen LogP contribution is -2.11. The van der Waals surface area contributed by atoms with Gasteiger partial charge in [0.2, 0.25) is 0 Å². The Bertz CT molecular complexity index is 330. The minimum atomic E-state index is -0.684. The van der Waals surface area contributed by atoms with Crippen LogP contribution in [-0.2, 0) is 11.2 Å². The van der Waals surface area contributed by atoms with Crippen LogP contribution in [-0.4, -0.2) is 16.1 Å². The molecule has 0 unspecified atom stereocenters. The molecule has 1 saturated carbocycles. The highest BCUT2D eigenvalue weighted by atomic mass is 16.4. The fraction of sp³-hybridized carbons (Fsp3) is 0.455. The molecule has 0 saturated heterocycles. The van der Waals surface area contributed by atoms with E-state index in [9.17, 15) is 4.79 Å². The third-order valence-electron chi connectivity index (χ3n) is 2.81. The average molecular weight is 191 g/mol. The van der Waals surface area contributed by atoms with Crippen LogP contribution in [0.1, 0.15) is 24.8 Å². The quantitative estimate of drug-likeness (QED) is 0.790. The summed E-state index contributed by atoms with van der Waals surface area (Å²) < 4.78 is 0. The summed E-state index contributed by atoms with van der Waals surface area (Å²) in [5, 5.41) is 8.75. The van der Waals surface area contributed by atoms with E-state index in [1.807, 2.05) is 12.1 Å². The second-order valence-electron chi connectivity index (χ2n) is 4.10. The van der Waals surface area contributed by atoms with Crippen molar-refractivity contribution >= 4 is 5.97 Å². The lowest BCUT2D eigenvalue weighted by atomic mass is 9.94. The highest BCUT2D eigenvalue weighted by Crippen LogP contribution is 2.51. The third kappa shape index (κ3) is 2.10. The van der Waals surface area contributed by atoms with Gasteiger partial charge in [-0.3, -0.25) is 9.78 Å². The summed E-state index contributed by atoms with van der Waals surface area (Å²) >= 11 is 0. The van der Waals surface area contributed by atoms with Gasteiger partial charge in [-0.2, -0.15) is 0 Å².